The minimum absolute atomic E-state index is 0.0346. The van der Waals surface area contributed by atoms with Crippen LogP contribution in [0.3, 0.4) is 0 Å². The molecule has 2 aromatic rings. The van der Waals surface area contributed by atoms with E-state index in [0.717, 1.165) is 5.56 Å². The second kappa shape index (κ2) is 8.84. The molecule has 0 spiro atoms. The fourth-order valence-corrected chi connectivity index (χ4v) is 4.74. The molecule has 0 unspecified atom stereocenters. The Hall–Kier alpha value is -2.58. The normalized spacial score (nSPS) is 14.3. The molecule has 0 radical (unpaired) electrons. The third-order valence-electron chi connectivity index (χ3n) is 4.57. The van der Waals surface area contributed by atoms with Gasteiger partial charge in [-0.2, -0.15) is 0 Å². The van der Waals surface area contributed by atoms with E-state index in [1.807, 2.05) is 37.3 Å². The average Bonchev–Trinajstić information content (AvgIpc) is 2.70. The molecule has 1 heterocycles. The third-order valence-corrected chi connectivity index (χ3v) is 6.75. The van der Waals surface area contributed by atoms with E-state index in [4.69, 9.17) is 16.3 Å². The Morgan fingerprint density at radius 3 is 2.72 bits per heavy atom. The molecule has 2 aromatic carbocycles. The van der Waals surface area contributed by atoms with Gasteiger partial charge in [0.2, 0.25) is 5.91 Å². The van der Waals surface area contributed by atoms with Gasteiger partial charge in [0.1, 0.15) is 5.75 Å². The summed E-state index contributed by atoms with van der Waals surface area (Å²) in [7, 11) is -3.81. The van der Waals surface area contributed by atoms with E-state index in [2.05, 4.69) is 10.6 Å². The highest BCUT2D eigenvalue weighted by Crippen LogP contribution is 2.36. The first-order valence-electron chi connectivity index (χ1n) is 9.07. The van der Waals surface area contributed by atoms with Gasteiger partial charge in [-0.05, 0) is 17.5 Å². The zero-order chi connectivity index (χ0) is 21.0. The number of hydrogen-bond donors (Lipinski definition) is 2. The van der Waals surface area contributed by atoms with Crippen molar-refractivity contribution in [2.75, 3.05) is 24.2 Å². The van der Waals surface area contributed by atoms with Crippen molar-refractivity contribution >= 4 is 38.9 Å². The number of anilines is 1. The zero-order valence-corrected chi connectivity index (χ0v) is 17.3. The summed E-state index contributed by atoms with van der Waals surface area (Å²) in [6.45, 7) is 2.20. The Morgan fingerprint density at radius 1 is 1.28 bits per heavy atom. The number of hydrogen-bond acceptors (Lipinski definition) is 5. The number of benzene rings is 2. The van der Waals surface area contributed by atoms with Crippen molar-refractivity contribution in [3.05, 3.63) is 53.1 Å². The molecule has 2 amide bonds. The highest BCUT2D eigenvalue weighted by atomic mass is 35.5. The Kier molecular flexibility index (Phi) is 6.44. The predicted octanol–water partition coefficient (Wildman–Crippen LogP) is 2.75. The quantitative estimate of drug-likeness (QED) is 0.694. The summed E-state index contributed by atoms with van der Waals surface area (Å²) in [5, 5.41) is 5.29. The van der Waals surface area contributed by atoms with Crippen LogP contribution in [0.5, 0.6) is 5.75 Å². The number of carbonyl (C=O) groups excluding carboxylic acids is 2. The monoisotopic (exact) mass is 436 g/mol. The molecule has 0 saturated heterocycles. The first-order valence-corrected chi connectivity index (χ1v) is 11.1. The maximum atomic E-state index is 12.7. The van der Waals surface area contributed by atoms with Crippen LogP contribution < -0.4 is 15.4 Å². The minimum Gasteiger partial charge on any atom is -0.482 e. The van der Waals surface area contributed by atoms with E-state index in [0.29, 0.717) is 12.2 Å². The molecule has 154 valence electrons. The van der Waals surface area contributed by atoms with Crippen molar-refractivity contribution in [3.63, 3.8) is 0 Å². The van der Waals surface area contributed by atoms with E-state index in [-0.39, 0.29) is 52.2 Å². The molecular formula is C20H21ClN2O5S. The van der Waals surface area contributed by atoms with Gasteiger partial charge in [-0.15, -0.1) is 0 Å². The molecule has 9 heteroatoms. The van der Waals surface area contributed by atoms with Gasteiger partial charge in [0.15, 0.2) is 16.4 Å². The number of amides is 2. The van der Waals surface area contributed by atoms with Crippen LogP contribution in [0.1, 0.15) is 24.8 Å². The number of ether oxygens (including phenoxy) is 1. The molecular weight excluding hydrogens is 416 g/mol. The maximum absolute atomic E-state index is 12.7. The summed E-state index contributed by atoms with van der Waals surface area (Å²) in [6.07, 6.45) is -0.186. The molecule has 1 aliphatic rings. The van der Waals surface area contributed by atoms with Gasteiger partial charge in [-0.3, -0.25) is 9.59 Å². The van der Waals surface area contributed by atoms with Crippen molar-refractivity contribution in [1.29, 1.82) is 0 Å². The molecule has 1 atom stereocenters. The summed E-state index contributed by atoms with van der Waals surface area (Å²) in [5.74, 6) is -0.740. The molecule has 0 bridgehead atoms. The van der Waals surface area contributed by atoms with Crippen LogP contribution in [-0.4, -0.2) is 39.1 Å². The lowest BCUT2D eigenvalue weighted by atomic mass is 10.0. The standard InChI is InChI=1S/C20H21ClN2O5S/c1-13(14-5-3-2-4-6-14)11-22-19(24)7-8-29(26,27)18-10-17-16(9-15(18)21)23-20(25)12-28-17/h2-6,9-10,13H,7-8,11-12H2,1H3,(H,22,24)(H,23,25)/t13-/m1/s1. The Balaban J connectivity index is 1.60. The van der Waals surface area contributed by atoms with Crippen LogP contribution in [-0.2, 0) is 19.4 Å². The Morgan fingerprint density at radius 2 is 2.00 bits per heavy atom. The fourth-order valence-electron chi connectivity index (χ4n) is 2.91. The largest absolute Gasteiger partial charge is 0.482 e. The molecule has 29 heavy (non-hydrogen) atoms. The first kappa shape index (κ1) is 21.1. The lowest BCUT2D eigenvalue weighted by Crippen LogP contribution is -2.29. The molecule has 1 aliphatic heterocycles. The summed E-state index contributed by atoms with van der Waals surface area (Å²) in [5.41, 5.74) is 1.41. The molecule has 0 aliphatic carbocycles. The number of carbonyl (C=O) groups is 2. The number of fused-ring (bicyclic) bond motifs is 1. The van der Waals surface area contributed by atoms with Gasteiger partial charge >= 0.3 is 0 Å². The van der Waals surface area contributed by atoms with Crippen LogP contribution in [0.2, 0.25) is 5.02 Å². The SMILES string of the molecule is C[C@H](CNC(=O)CCS(=O)(=O)c1cc2c(cc1Cl)NC(=O)CO2)c1ccccc1. The van der Waals surface area contributed by atoms with Gasteiger partial charge < -0.3 is 15.4 Å². The van der Waals surface area contributed by atoms with Crippen molar-refractivity contribution in [1.82, 2.24) is 5.32 Å². The van der Waals surface area contributed by atoms with E-state index < -0.39 is 9.84 Å². The van der Waals surface area contributed by atoms with E-state index in [1.54, 1.807) is 0 Å². The van der Waals surface area contributed by atoms with Crippen molar-refractivity contribution in [3.8, 4) is 5.75 Å². The molecule has 0 aromatic heterocycles. The number of nitrogens with one attached hydrogen (secondary N) is 2. The summed E-state index contributed by atoms with van der Waals surface area (Å²) in [4.78, 5) is 23.4. The highest BCUT2D eigenvalue weighted by Gasteiger charge is 2.25. The van der Waals surface area contributed by atoms with Gasteiger partial charge in [-0.1, -0.05) is 48.9 Å². The second-order valence-corrected chi connectivity index (χ2v) is 9.29. The lowest BCUT2D eigenvalue weighted by molar-refractivity contribution is -0.121. The Bertz CT molecular complexity index is 1020. The van der Waals surface area contributed by atoms with Crippen LogP contribution >= 0.6 is 11.6 Å². The number of halogens is 1. The predicted molar refractivity (Wildman–Crippen MR) is 110 cm³/mol. The molecule has 0 saturated carbocycles. The average molecular weight is 437 g/mol. The number of rotatable bonds is 7. The lowest BCUT2D eigenvalue weighted by Gasteiger charge is -2.19. The van der Waals surface area contributed by atoms with Crippen molar-refractivity contribution in [2.45, 2.75) is 24.2 Å². The minimum atomic E-state index is -3.81. The van der Waals surface area contributed by atoms with E-state index >= 15 is 0 Å². The topological polar surface area (TPSA) is 102 Å². The first-order chi connectivity index (χ1) is 13.8. The van der Waals surface area contributed by atoms with E-state index in [9.17, 15) is 18.0 Å². The fraction of sp³-hybridized carbons (Fsp3) is 0.300. The van der Waals surface area contributed by atoms with Crippen molar-refractivity contribution in [2.24, 2.45) is 0 Å². The van der Waals surface area contributed by atoms with Gasteiger partial charge in [0, 0.05) is 19.0 Å². The van der Waals surface area contributed by atoms with Crippen LogP contribution in [0.4, 0.5) is 5.69 Å². The molecule has 3 rings (SSSR count). The second-order valence-electron chi connectivity index (χ2n) is 6.80. The summed E-state index contributed by atoms with van der Waals surface area (Å²) in [6, 6.07) is 12.3. The van der Waals surface area contributed by atoms with E-state index in [1.165, 1.54) is 12.1 Å². The van der Waals surface area contributed by atoms with Crippen LogP contribution in [0, 0.1) is 0 Å². The van der Waals surface area contributed by atoms with Gasteiger partial charge in [0.25, 0.3) is 5.91 Å². The third kappa shape index (κ3) is 5.27. The van der Waals surface area contributed by atoms with Crippen molar-refractivity contribution < 1.29 is 22.7 Å². The van der Waals surface area contributed by atoms with Crippen LogP contribution in [0.15, 0.2) is 47.4 Å². The zero-order valence-electron chi connectivity index (χ0n) is 15.8. The Labute approximate surface area is 174 Å². The van der Waals surface area contributed by atoms with Gasteiger partial charge in [-0.25, -0.2) is 8.42 Å². The molecule has 0 fully saturated rings. The summed E-state index contributed by atoms with van der Waals surface area (Å²) < 4.78 is 30.6. The molecule has 7 nitrogen and oxygen atoms in total. The summed E-state index contributed by atoms with van der Waals surface area (Å²) >= 11 is 6.09. The smallest absolute Gasteiger partial charge is 0.262 e. The highest BCUT2D eigenvalue weighted by molar-refractivity contribution is 7.91. The van der Waals surface area contributed by atoms with Crippen LogP contribution in [0.25, 0.3) is 0 Å². The molecule has 2 N–H and O–H groups in total. The maximum Gasteiger partial charge on any atom is 0.262 e. The number of sulfone groups is 1. The van der Waals surface area contributed by atoms with Gasteiger partial charge in [0.05, 0.1) is 21.4 Å².